The van der Waals surface area contributed by atoms with Crippen molar-refractivity contribution in [2.75, 3.05) is 0 Å². The van der Waals surface area contributed by atoms with Crippen molar-refractivity contribution >= 4 is 56.1 Å². The van der Waals surface area contributed by atoms with Crippen molar-refractivity contribution in [1.29, 1.82) is 10.5 Å². The normalized spacial score (nSPS) is 11.7. The average Bonchev–Trinajstić information content (AvgIpc) is 3.81. The largest absolute Gasteiger partial charge is 0.493 e. The minimum absolute atomic E-state index is 0.150. The lowest BCUT2D eigenvalue weighted by atomic mass is 10.1. The molecule has 14 heteroatoms. The Labute approximate surface area is 317 Å². The predicted molar refractivity (Wildman–Crippen MR) is 209 cm³/mol. The Kier molecular flexibility index (Phi) is 7.92. The molecule has 0 unspecified atom stereocenters. The lowest BCUT2D eigenvalue weighted by Gasteiger charge is -2.09. The van der Waals surface area contributed by atoms with Crippen LogP contribution in [0.25, 0.3) is 55.9 Å². The van der Waals surface area contributed by atoms with Crippen molar-refractivity contribution in [3.05, 3.63) is 131 Å². The summed E-state index contributed by atoms with van der Waals surface area (Å²) in [6.07, 6.45) is 0. The molecule has 9 rings (SSSR count). The molecule has 0 fully saturated rings. The third-order valence-corrected chi connectivity index (χ3v) is 9.62. The number of aromatic nitrogens is 6. The van der Waals surface area contributed by atoms with Crippen LogP contribution in [0, 0.1) is 36.5 Å². The number of pyridine rings is 2. The van der Waals surface area contributed by atoms with Gasteiger partial charge >= 0.3 is 0 Å². The highest BCUT2D eigenvalue weighted by Crippen LogP contribution is 2.40. The van der Waals surface area contributed by atoms with Gasteiger partial charge in [-0.05, 0) is 74.5 Å². The highest BCUT2D eigenvalue weighted by Gasteiger charge is 2.22. The first-order valence-corrected chi connectivity index (χ1v) is 17.3. The van der Waals surface area contributed by atoms with E-state index in [2.05, 4.69) is 52.8 Å². The maximum absolute atomic E-state index is 11.2. The highest BCUT2D eigenvalue weighted by molar-refractivity contribution is 5.87. The highest BCUT2D eigenvalue weighted by atomic mass is 16.3. The molecule has 2 N–H and O–H groups in total. The number of fused-ring (bicyclic) bond motifs is 6. The number of nitriles is 2. The van der Waals surface area contributed by atoms with Crippen LogP contribution in [-0.4, -0.2) is 39.2 Å². The van der Waals surface area contributed by atoms with Crippen LogP contribution in [0.3, 0.4) is 0 Å². The van der Waals surface area contributed by atoms with E-state index in [1.54, 1.807) is 38.1 Å². The summed E-state index contributed by atoms with van der Waals surface area (Å²) in [5.41, 5.74) is 9.31. The van der Waals surface area contributed by atoms with E-state index < -0.39 is 0 Å². The van der Waals surface area contributed by atoms with Crippen molar-refractivity contribution < 1.29 is 10.2 Å². The Hall–Kier alpha value is -8.36. The van der Waals surface area contributed by atoms with Crippen molar-refractivity contribution in [1.82, 2.24) is 29.0 Å². The van der Waals surface area contributed by atoms with Crippen LogP contribution in [-0.2, 0) is 0 Å². The minimum atomic E-state index is -0.150. The molecule has 14 nitrogen and oxygen atoms in total. The molecule has 266 valence electrons. The summed E-state index contributed by atoms with van der Waals surface area (Å²) in [6.45, 7) is 3.42. The topological polar surface area (TPSA) is 198 Å². The Morgan fingerprint density at radius 2 is 0.911 bits per heavy atom. The maximum Gasteiger partial charge on any atom is 0.226 e. The zero-order chi connectivity index (χ0) is 38.5. The predicted octanol–water partition coefficient (Wildman–Crippen LogP) is 10.0. The molecule has 0 atom stereocenters. The summed E-state index contributed by atoms with van der Waals surface area (Å²) in [6, 6.07) is 37.3. The first kappa shape index (κ1) is 33.5. The molecule has 9 aromatic rings. The van der Waals surface area contributed by atoms with Gasteiger partial charge < -0.3 is 10.2 Å². The standard InChI is InChI=1S/C42H26N12O2/c1-23-29(21-43)39-45-33-7-3-5-9-35(33)53(39)41(55)37(23)51-47-27-15-11-25(12-16-27)31-19-20-32(50-49-31)26-13-17-28(18-14-26)48-52-38-24(2)30(22-44)40-46-34-8-4-6-10-36(34)54(40)42(38)56/h3-20,55-56H,1-2H3. The molecule has 0 aliphatic carbocycles. The molecule has 0 bridgehead atoms. The monoisotopic (exact) mass is 730 g/mol. The van der Waals surface area contributed by atoms with Crippen molar-refractivity contribution in [2.24, 2.45) is 20.5 Å². The van der Waals surface area contributed by atoms with Gasteiger partial charge in [0.2, 0.25) is 11.8 Å². The van der Waals surface area contributed by atoms with Crippen LogP contribution >= 0.6 is 0 Å². The Morgan fingerprint density at radius 3 is 1.29 bits per heavy atom. The summed E-state index contributed by atoms with van der Waals surface area (Å²) in [5, 5.41) is 68.5. The number of imidazole rings is 2. The lowest BCUT2D eigenvalue weighted by Crippen LogP contribution is -1.95. The van der Waals surface area contributed by atoms with E-state index in [9.17, 15) is 20.7 Å². The molecule has 0 saturated heterocycles. The Bertz CT molecular complexity index is 2970. The second-order valence-corrected chi connectivity index (χ2v) is 12.9. The van der Waals surface area contributed by atoms with E-state index in [1.165, 1.54) is 8.80 Å². The van der Waals surface area contributed by atoms with Gasteiger partial charge in [-0.15, -0.1) is 20.4 Å². The molecular weight excluding hydrogens is 705 g/mol. The van der Waals surface area contributed by atoms with E-state index >= 15 is 0 Å². The molecule has 0 aliphatic heterocycles. The molecule has 5 aromatic heterocycles. The third-order valence-electron chi connectivity index (χ3n) is 9.62. The van der Waals surface area contributed by atoms with E-state index in [0.717, 1.165) is 11.1 Å². The van der Waals surface area contributed by atoms with Gasteiger partial charge in [0, 0.05) is 22.3 Å². The molecule has 0 spiro atoms. The molecule has 0 radical (unpaired) electrons. The fraction of sp³-hybridized carbons (Fsp3) is 0.0476. The molecule has 0 amide bonds. The fourth-order valence-corrected chi connectivity index (χ4v) is 6.70. The van der Waals surface area contributed by atoms with E-state index in [-0.39, 0.29) is 23.1 Å². The Morgan fingerprint density at radius 1 is 0.518 bits per heavy atom. The van der Waals surface area contributed by atoms with Crippen LogP contribution in [0.1, 0.15) is 22.3 Å². The van der Waals surface area contributed by atoms with Gasteiger partial charge in [-0.2, -0.15) is 20.8 Å². The van der Waals surface area contributed by atoms with Crippen LogP contribution in [0.5, 0.6) is 11.8 Å². The SMILES string of the molecule is Cc1c(N=Nc2ccc(-c3ccc(-c4ccc(N=Nc5c(C)c(C#N)c6nc7ccccc7n6c5O)cc4)nn3)cc2)c(O)n2c(nc3ccccc32)c1C#N. The quantitative estimate of drug-likeness (QED) is 0.157. The van der Waals surface area contributed by atoms with Gasteiger partial charge in [-0.3, -0.25) is 8.80 Å². The number of para-hydroxylation sites is 4. The zero-order valence-electron chi connectivity index (χ0n) is 29.7. The van der Waals surface area contributed by atoms with Gasteiger partial charge in [0.15, 0.2) is 22.7 Å². The average molecular weight is 731 g/mol. The van der Waals surface area contributed by atoms with Crippen molar-refractivity contribution in [2.45, 2.75) is 13.8 Å². The molecular formula is C42H26N12O2. The summed E-state index contributed by atoms with van der Waals surface area (Å²) in [4.78, 5) is 9.09. The van der Waals surface area contributed by atoms with Gasteiger partial charge in [0.25, 0.3) is 0 Å². The van der Waals surface area contributed by atoms with Crippen LogP contribution in [0.4, 0.5) is 22.7 Å². The maximum atomic E-state index is 11.2. The summed E-state index contributed by atoms with van der Waals surface area (Å²) < 4.78 is 3.04. The van der Waals surface area contributed by atoms with Gasteiger partial charge in [-0.1, -0.05) is 48.5 Å². The number of nitrogens with zero attached hydrogens (tertiary/aromatic N) is 12. The number of rotatable bonds is 6. The minimum Gasteiger partial charge on any atom is -0.493 e. The summed E-state index contributed by atoms with van der Waals surface area (Å²) in [5.74, 6) is -0.300. The van der Waals surface area contributed by atoms with E-state index in [0.29, 0.717) is 78.4 Å². The third kappa shape index (κ3) is 5.41. The fourth-order valence-electron chi connectivity index (χ4n) is 6.70. The number of hydrogen-bond donors (Lipinski definition) is 2. The smallest absolute Gasteiger partial charge is 0.226 e. The Balaban J connectivity index is 0.925. The lowest BCUT2D eigenvalue weighted by molar-refractivity contribution is 0.448. The second kappa shape index (κ2) is 13.2. The first-order valence-electron chi connectivity index (χ1n) is 17.3. The van der Waals surface area contributed by atoms with E-state index in [4.69, 9.17) is 0 Å². The van der Waals surface area contributed by atoms with Gasteiger partial charge in [-0.25, -0.2) is 9.97 Å². The molecule has 0 aliphatic rings. The molecule has 5 heterocycles. The van der Waals surface area contributed by atoms with Gasteiger partial charge in [0.05, 0.1) is 44.8 Å². The second-order valence-electron chi connectivity index (χ2n) is 12.9. The molecule has 56 heavy (non-hydrogen) atoms. The zero-order valence-corrected chi connectivity index (χ0v) is 29.7. The number of aromatic hydroxyl groups is 2. The van der Waals surface area contributed by atoms with Gasteiger partial charge in [0.1, 0.15) is 23.3 Å². The number of hydrogen-bond acceptors (Lipinski definition) is 12. The summed E-state index contributed by atoms with van der Waals surface area (Å²) in [7, 11) is 0. The summed E-state index contributed by atoms with van der Waals surface area (Å²) >= 11 is 0. The number of benzene rings is 4. The van der Waals surface area contributed by atoms with E-state index in [1.807, 2.05) is 84.9 Å². The van der Waals surface area contributed by atoms with Crippen LogP contribution in [0.2, 0.25) is 0 Å². The number of azo groups is 2. The van der Waals surface area contributed by atoms with Crippen molar-refractivity contribution in [3.8, 4) is 46.4 Å². The first-order chi connectivity index (χ1) is 27.3. The van der Waals surface area contributed by atoms with Crippen LogP contribution < -0.4 is 0 Å². The molecule has 0 saturated carbocycles. The van der Waals surface area contributed by atoms with Crippen molar-refractivity contribution in [3.63, 3.8) is 0 Å². The molecule has 4 aromatic carbocycles. The van der Waals surface area contributed by atoms with Crippen LogP contribution in [0.15, 0.2) is 130 Å².